The molecule has 0 fully saturated rings. The average Bonchev–Trinajstić information content (AvgIpc) is 2.77. The number of nitrogens with two attached hydrogens (primary N) is 1. The minimum Gasteiger partial charge on any atom is -0.389 e. The van der Waals surface area contributed by atoms with Gasteiger partial charge in [-0.2, -0.15) is 0 Å². The fraction of sp³-hybridized carbons (Fsp3) is 0.154. The van der Waals surface area contributed by atoms with Gasteiger partial charge in [-0.3, -0.25) is 0 Å². The summed E-state index contributed by atoms with van der Waals surface area (Å²) in [4.78, 5) is 2.52. The van der Waals surface area contributed by atoms with Gasteiger partial charge in [-0.05, 0) is 34.1 Å². The average molecular weight is 377 g/mol. The van der Waals surface area contributed by atoms with E-state index in [-0.39, 0.29) is 16.2 Å². The van der Waals surface area contributed by atoms with Crippen molar-refractivity contribution in [2.45, 2.75) is 6.54 Å². The molecule has 0 atom stereocenters. The first-order valence-electron chi connectivity index (χ1n) is 5.62. The Morgan fingerprint density at radius 2 is 2.10 bits per heavy atom. The number of hydrogen-bond donors (Lipinski definition) is 1. The summed E-state index contributed by atoms with van der Waals surface area (Å²) in [5, 5.41) is 1.94. The van der Waals surface area contributed by atoms with E-state index in [1.54, 1.807) is 23.3 Å². The van der Waals surface area contributed by atoms with Crippen LogP contribution in [-0.2, 0) is 6.54 Å². The lowest BCUT2D eigenvalue weighted by Gasteiger charge is -2.20. The van der Waals surface area contributed by atoms with Gasteiger partial charge in [-0.25, -0.2) is 8.78 Å². The summed E-state index contributed by atoms with van der Waals surface area (Å²) in [7, 11) is 1.70. The SMILES string of the molecule is CN(Cc1cc(Br)cs1)c1ccc(C(N)=S)c(F)c1F. The van der Waals surface area contributed by atoms with Crippen LogP contribution in [0.25, 0.3) is 0 Å². The van der Waals surface area contributed by atoms with Gasteiger partial charge in [0.25, 0.3) is 0 Å². The maximum absolute atomic E-state index is 14.0. The van der Waals surface area contributed by atoms with E-state index in [0.717, 1.165) is 9.35 Å². The largest absolute Gasteiger partial charge is 0.389 e. The van der Waals surface area contributed by atoms with E-state index in [2.05, 4.69) is 28.1 Å². The van der Waals surface area contributed by atoms with E-state index in [9.17, 15) is 8.78 Å². The third-order valence-electron chi connectivity index (χ3n) is 2.75. The van der Waals surface area contributed by atoms with Gasteiger partial charge in [-0.15, -0.1) is 11.3 Å². The predicted molar refractivity (Wildman–Crippen MR) is 86.4 cm³/mol. The van der Waals surface area contributed by atoms with Crippen LogP contribution in [0.5, 0.6) is 0 Å². The number of hydrogen-bond acceptors (Lipinski definition) is 3. The highest BCUT2D eigenvalue weighted by atomic mass is 79.9. The number of rotatable bonds is 4. The van der Waals surface area contributed by atoms with Gasteiger partial charge in [0, 0.05) is 27.3 Å². The molecule has 2 rings (SSSR count). The van der Waals surface area contributed by atoms with Crippen molar-refractivity contribution in [2.75, 3.05) is 11.9 Å². The van der Waals surface area contributed by atoms with Crippen molar-refractivity contribution in [3.05, 3.63) is 50.1 Å². The Morgan fingerprint density at radius 3 is 2.65 bits per heavy atom. The highest BCUT2D eigenvalue weighted by molar-refractivity contribution is 9.10. The molecule has 0 aliphatic rings. The van der Waals surface area contributed by atoms with Crippen molar-refractivity contribution in [3.8, 4) is 0 Å². The number of halogens is 3. The Morgan fingerprint density at radius 1 is 1.40 bits per heavy atom. The first-order chi connectivity index (χ1) is 9.40. The normalized spacial score (nSPS) is 10.6. The maximum Gasteiger partial charge on any atom is 0.182 e. The number of thiophene rings is 1. The second-order valence-electron chi connectivity index (χ2n) is 4.21. The molecular formula is C13H11BrF2N2S2. The molecule has 1 aromatic carbocycles. The molecule has 0 bridgehead atoms. The summed E-state index contributed by atoms with van der Waals surface area (Å²) in [5.74, 6) is -1.94. The van der Waals surface area contributed by atoms with Crippen molar-refractivity contribution < 1.29 is 8.78 Å². The van der Waals surface area contributed by atoms with Crippen molar-refractivity contribution >= 4 is 50.2 Å². The maximum atomic E-state index is 14.0. The minimum absolute atomic E-state index is 0.0754. The Bertz CT molecular complexity index is 658. The zero-order valence-corrected chi connectivity index (χ0v) is 13.7. The first-order valence-corrected chi connectivity index (χ1v) is 7.70. The van der Waals surface area contributed by atoms with Crippen LogP contribution in [-0.4, -0.2) is 12.0 Å². The minimum atomic E-state index is -1.01. The summed E-state index contributed by atoms with van der Waals surface area (Å²) in [5.41, 5.74) is 5.44. The Kier molecular flexibility index (Phi) is 4.72. The molecule has 0 aliphatic heterocycles. The van der Waals surface area contributed by atoms with E-state index >= 15 is 0 Å². The van der Waals surface area contributed by atoms with Crippen LogP contribution in [0.3, 0.4) is 0 Å². The van der Waals surface area contributed by atoms with E-state index in [1.807, 2.05) is 11.4 Å². The zero-order valence-electron chi connectivity index (χ0n) is 10.5. The monoisotopic (exact) mass is 376 g/mol. The number of anilines is 1. The van der Waals surface area contributed by atoms with Crippen molar-refractivity contribution in [1.82, 2.24) is 0 Å². The summed E-state index contributed by atoms with van der Waals surface area (Å²) < 4.78 is 28.9. The lowest BCUT2D eigenvalue weighted by molar-refractivity contribution is 0.506. The molecule has 0 unspecified atom stereocenters. The van der Waals surface area contributed by atoms with Gasteiger partial charge >= 0.3 is 0 Å². The lowest BCUT2D eigenvalue weighted by Crippen LogP contribution is -2.19. The number of benzene rings is 1. The summed E-state index contributed by atoms with van der Waals surface area (Å²) in [6.45, 7) is 0.485. The predicted octanol–water partition coefficient (Wildman–Crippen LogP) is 4.06. The van der Waals surface area contributed by atoms with Crippen LogP contribution < -0.4 is 10.6 Å². The molecule has 20 heavy (non-hydrogen) atoms. The zero-order chi connectivity index (χ0) is 14.9. The molecule has 2 N–H and O–H groups in total. The number of nitrogens with zero attached hydrogens (tertiary/aromatic N) is 1. The Hall–Kier alpha value is -1.05. The van der Waals surface area contributed by atoms with Crippen LogP contribution in [0.15, 0.2) is 28.1 Å². The summed E-state index contributed by atoms with van der Waals surface area (Å²) in [6.07, 6.45) is 0. The van der Waals surface area contributed by atoms with E-state index < -0.39 is 11.6 Å². The van der Waals surface area contributed by atoms with Gasteiger partial charge in [0.15, 0.2) is 11.6 Å². The molecule has 0 saturated heterocycles. The van der Waals surface area contributed by atoms with E-state index in [0.29, 0.717) is 6.54 Å². The Balaban J connectivity index is 2.28. The molecule has 7 heteroatoms. The molecular weight excluding hydrogens is 366 g/mol. The van der Waals surface area contributed by atoms with Gasteiger partial charge in [0.05, 0.1) is 12.2 Å². The molecule has 2 nitrogen and oxygen atoms in total. The van der Waals surface area contributed by atoms with Crippen LogP contribution >= 0.6 is 39.5 Å². The molecule has 0 saturated carbocycles. The molecule has 0 amide bonds. The van der Waals surface area contributed by atoms with Crippen LogP contribution in [0.2, 0.25) is 0 Å². The second kappa shape index (κ2) is 6.15. The van der Waals surface area contributed by atoms with Crippen LogP contribution in [0, 0.1) is 11.6 Å². The molecule has 1 aromatic heterocycles. The fourth-order valence-corrected chi connectivity index (χ4v) is 3.44. The van der Waals surface area contributed by atoms with Gasteiger partial charge in [-0.1, -0.05) is 12.2 Å². The number of thiocarbonyl (C=S) groups is 1. The standard InChI is InChI=1S/C13H11BrF2N2S2/c1-18(5-8-4-7(14)6-20-8)10-3-2-9(13(17)19)11(15)12(10)16/h2-4,6H,5H2,1H3,(H2,17,19). The first kappa shape index (κ1) is 15.3. The van der Waals surface area contributed by atoms with Crippen molar-refractivity contribution in [3.63, 3.8) is 0 Å². The molecule has 106 valence electrons. The fourth-order valence-electron chi connectivity index (χ4n) is 1.78. The quantitative estimate of drug-likeness (QED) is 0.815. The van der Waals surface area contributed by atoms with Crippen molar-refractivity contribution in [1.29, 1.82) is 0 Å². The van der Waals surface area contributed by atoms with Crippen LogP contribution in [0.1, 0.15) is 10.4 Å². The summed E-state index contributed by atoms with van der Waals surface area (Å²) >= 11 is 9.58. The highest BCUT2D eigenvalue weighted by Crippen LogP contribution is 2.27. The second-order valence-corrected chi connectivity index (χ2v) is 6.56. The smallest absolute Gasteiger partial charge is 0.182 e. The molecule has 0 aliphatic carbocycles. The molecule has 2 aromatic rings. The topological polar surface area (TPSA) is 29.3 Å². The lowest BCUT2D eigenvalue weighted by atomic mass is 10.1. The molecule has 1 heterocycles. The third-order valence-corrected chi connectivity index (χ3v) is 4.66. The van der Waals surface area contributed by atoms with Gasteiger partial charge < -0.3 is 10.6 Å². The van der Waals surface area contributed by atoms with E-state index in [1.165, 1.54) is 12.1 Å². The van der Waals surface area contributed by atoms with E-state index in [4.69, 9.17) is 5.73 Å². The highest BCUT2D eigenvalue weighted by Gasteiger charge is 2.17. The Labute approximate surface area is 133 Å². The third kappa shape index (κ3) is 3.16. The van der Waals surface area contributed by atoms with Gasteiger partial charge in [0.2, 0.25) is 0 Å². The molecule has 0 spiro atoms. The summed E-state index contributed by atoms with van der Waals surface area (Å²) in [6, 6.07) is 4.82. The van der Waals surface area contributed by atoms with Gasteiger partial charge in [0.1, 0.15) is 4.99 Å². The molecule has 0 radical (unpaired) electrons. The van der Waals surface area contributed by atoms with Crippen molar-refractivity contribution in [2.24, 2.45) is 5.73 Å². The van der Waals surface area contributed by atoms with Crippen LogP contribution in [0.4, 0.5) is 14.5 Å².